The summed E-state index contributed by atoms with van der Waals surface area (Å²) in [5, 5.41) is 5.24. The number of benzene rings is 1. The van der Waals surface area contributed by atoms with Crippen molar-refractivity contribution in [2.45, 2.75) is 13.0 Å². The predicted octanol–water partition coefficient (Wildman–Crippen LogP) is 0.569. The number of halogens is 1. The molecule has 6 heteroatoms. The molecule has 2 N–H and O–H groups in total. The fourth-order valence-corrected chi connectivity index (χ4v) is 2.17. The molecule has 1 atom stereocenters. The Kier molecular flexibility index (Phi) is 3.80. The first kappa shape index (κ1) is 13.5. The van der Waals surface area contributed by atoms with Crippen LogP contribution in [0.1, 0.15) is 18.5 Å². The fourth-order valence-electron chi connectivity index (χ4n) is 2.17. The number of imide groups is 1. The van der Waals surface area contributed by atoms with E-state index in [2.05, 4.69) is 10.6 Å². The fraction of sp³-hybridized carbons (Fsp3) is 0.385. The van der Waals surface area contributed by atoms with E-state index in [4.69, 9.17) is 0 Å². The summed E-state index contributed by atoms with van der Waals surface area (Å²) in [5.41, 5.74) is 1.04. The van der Waals surface area contributed by atoms with E-state index in [9.17, 15) is 14.0 Å². The lowest BCUT2D eigenvalue weighted by molar-refractivity contribution is -0.130. The quantitative estimate of drug-likeness (QED) is 0.784. The van der Waals surface area contributed by atoms with E-state index < -0.39 is 17.6 Å². The van der Waals surface area contributed by atoms with Crippen molar-refractivity contribution in [3.8, 4) is 0 Å². The maximum absolute atomic E-state index is 14.1. The van der Waals surface area contributed by atoms with Gasteiger partial charge in [0.05, 0.1) is 18.8 Å². The molecule has 2 rings (SSSR count). The van der Waals surface area contributed by atoms with Crippen LogP contribution in [0.2, 0.25) is 0 Å². The van der Waals surface area contributed by atoms with Crippen LogP contribution in [0.5, 0.6) is 0 Å². The average molecular weight is 265 g/mol. The third-order valence-electron chi connectivity index (χ3n) is 3.18. The van der Waals surface area contributed by atoms with Crippen LogP contribution in [0.3, 0.4) is 0 Å². The second kappa shape index (κ2) is 5.36. The molecule has 0 saturated carbocycles. The Balaban J connectivity index is 2.42. The molecule has 2 amide bonds. The molecule has 5 nitrogen and oxygen atoms in total. The monoisotopic (exact) mass is 265 g/mol. The number of amides is 2. The van der Waals surface area contributed by atoms with E-state index in [0.717, 1.165) is 5.56 Å². The highest BCUT2D eigenvalue weighted by Gasteiger charge is 2.27. The zero-order valence-corrected chi connectivity index (χ0v) is 10.9. The molecule has 1 aliphatic heterocycles. The summed E-state index contributed by atoms with van der Waals surface area (Å²) in [4.78, 5) is 24.3. The van der Waals surface area contributed by atoms with Crippen LogP contribution in [0, 0.1) is 5.82 Å². The highest BCUT2D eigenvalue weighted by atomic mass is 19.1. The number of nitrogens with one attached hydrogen (secondary N) is 2. The van der Waals surface area contributed by atoms with Gasteiger partial charge in [-0.15, -0.1) is 0 Å². The van der Waals surface area contributed by atoms with Crippen LogP contribution < -0.4 is 15.5 Å². The lowest BCUT2D eigenvalue weighted by atomic mass is 10.0. The third-order valence-corrected chi connectivity index (χ3v) is 3.18. The topological polar surface area (TPSA) is 61.4 Å². The van der Waals surface area contributed by atoms with E-state index in [-0.39, 0.29) is 19.1 Å². The molecule has 102 valence electrons. The van der Waals surface area contributed by atoms with Crippen molar-refractivity contribution in [3.63, 3.8) is 0 Å². The number of anilines is 1. The van der Waals surface area contributed by atoms with Gasteiger partial charge in [-0.3, -0.25) is 14.9 Å². The number of hydrogen-bond acceptors (Lipinski definition) is 4. The highest BCUT2D eigenvalue weighted by Crippen LogP contribution is 2.29. The van der Waals surface area contributed by atoms with Crippen LogP contribution in [-0.2, 0) is 9.59 Å². The Morgan fingerprint density at radius 1 is 1.32 bits per heavy atom. The molecule has 0 spiro atoms. The summed E-state index contributed by atoms with van der Waals surface area (Å²) in [6.45, 7) is 1.86. The molecule has 1 aromatic rings. The van der Waals surface area contributed by atoms with Gasteiger partial charge in [0.25, 0.3) is 0 Å². The Hall–Kier alpha value is -1.95. The molecule has 1 saturated heterocycles. The summed E-state index contributed by atoms with van der Waals surface area (Å²) in [6, 6.07) is 4.66. The van der Waals surface area contributed by atoms with E-state index in [1.54, 1.807) is 19.2 Å². The SMILES string of the molecule is CNC(C)c1cccc(F)c1N1CC(=O)NC(=O)C1. The number of carbonyl (C=O) groups excluding carboxylic acids is 2. The Morgan fingerprint density at radius 3 is 2.53 bits per heavy atom. The van der Waals surface area contributed by atoms with E-state index >= 15 is 0 Å². The number of rotatable bonds is 3. The maximum Gasteiger partial charge on any atom is 0.246 e. The molecule has 0 aliphatic carbocycles. The molecule has 1 unspecified atom stereocenters. The third kappa shape index (κ3) is 2.73. The number of hydrogen-bond donors (Lipinski definition) is 2. The van der Waals surface area contributed by atoms with Crippen LogP contribution in [0.4, 0.5) is 10.1 Å². The van der Waals surface area contributed by atoms with Crippen molar-refractivity contribution >= 4 is 17.5 Å². The molecule has 1 aliphatic rings. The molecule has 19 heavy (non-hydrogen) atoms. The van der Waals surface area contributed by atoms with Gasteiger partial charge < -0.3 is 10.2 Å². The second-order valence-electron chi connectivity index (χ2n) is 4.52. The van der Waals surface area contributed by atoms with Crippen LogP contribution in [0.25, 0.3) is 0 Å². The Labute approximate surface area is 110 Å². The summed E-state index contributed by atoms with van der Waals surface area (Å²) in [6.07, 6.45) is 0. The molecular formula is C13H16FN3O2. The van der Waals surface area contributed by atoms with Crippen molar-refractivity contribution in [2.75, 3.05) is 25.0 Å². The van der Waals surface area contributed by atoms with Crippen molar-refractivity contribution in [2.24, 2.45) is 0 Å². The van der Waals surface area contributed by atoms with Gasteiger partial charge in [0.2, 0.25) is 11.8 Å². The largest absolute Gasteiger partial charge is 0.350 e. The number of carbonyl (C=O) groups is 2. The lowest BCUT2D eigenvalue weighted by Crippen LogP contribution is -2.52. The summed E-state index contributed by atoms with van der Waals surface area (Å²) in [7, 11) is 1.77. The van der Waals surface area contributed by atoms with Gasteiger partial charge in [0.15, 0.2) is 0 Å². The highest BCUT2D eigenvalue weighted by molar-refractivity contribution is 6.02. The van der Waals surface area contributed by atoms with Crippen molar-refractivity contribution in [3.05, 3.63) is 29.6 Å². The first-order valence-electron chi connectivity index (χ1n) is 6.06. The van der Waals surface area contributed by atoms with Crippen molar-refractivity contribution < 1.29 is 14.0 Å². The normalized spacial score (nSPS) is 17.3. The van der Waals surface area contributed by atoms with Crippen molar-refractivity contribution in [1.29, 1.82) is 0 Å². The maximum atomic E-state index is 14.1. The standard InChI is InChI=1S/C13H16FN3O2/c1-8(15-2)9-4-3-5-10(14)13(9)17-6-11(18)16-12(19)7-17/h3-5,8,15H,6-7H2,1-2H3,(H,16,18,19). The summed E-state index contributed by atoms with van der Waals surface area (Å²) < 4.78 is 14.1. The van der Waals surface area contributed by atoms with Crippen LogP contribution >= 0.6 is 0 Å². The van der Waals surface area contributed by atoms with E-state index in [1.165, 1.54) is 11.0 Å². The van der Waals surface area contributed by atoms with E-state index in [1.807, 2.05) is 6.92 Å². The van der Waals surface area contributed by atoms with Gasteiger partial charge >= 0.3 is 0 Å². The first-order chi connectivity index (χ1) is 9.02. The summed E-state index contributed by atoms with van der Waals surface area (Å²) in [5.74, 6) is -1.26. The van der Waals surface area contributed by atoms with Crippen molar-refractivity contribution in [1.82, 2.24) is 10.6 Å². The minimum Gasteiger partial charge on any atom is -0.350 e. The lowest BCUT2D eigenvalue weighted by Gasteiger charge is -2.30. The van der Waals surface area contributed by atoms with Gasteiger partial charge in [-0.2, -0.15) is 0 Å². The molecule has 0 bridgehead atoms. The zero-order valence-electron chi connectivity index (χ0n) is 10.9. The molecule has 0 aromatic heterocycles. The Bertz CT molecular complexity index is 503. The van der Waals surface area contributed by atoms with Gasteiger partial charge in [-0.05, 0) is 25.6 Å². The zero-order chi connectivity index (χ0) is 14.0. The number of piperazine rings is 1. The van der Waals surface area contributed by atoms with Crippen LogP contribution in [0.15, 0.2) is 18.2 Å². The molecule has 1 heterocycles. The predicted molar refractivity (Wildman–Crippen MR) is 69.2 cm³/mol. The molecule has 0 radical (unpaired) electrons. The number of para-hydroxylation sites is 1. The second-order valence-corrected chi connectivity index (χ2v) is 4.52. The first-order valence-corrected chi connectivity index (χ1v) is 6.06. The Morgan fingerprint density at radius 2 is 1.95 bits per heavy atom. The molecular weight excluding hydrogens is 249 g/mol. The minimum absolute atomic E-state index is 0.0178. The van der Waals surface area contributed by atoms with Gasteiger partial charge in [0.1, 0.15) is 5.82 Å². The smallest absolute Gasteiger partial charge is 0.246 e. The van der Waals surface area contributed by atoms with E-state index in [0.29, 0.717) is 5.69 Å². The summed E-state index contributed by atoms with van der Waals surface area (Å²) >= 11 is 0. The minimum atomic E-state index is -0.429. The van der Waals surface area contributed by atoms with Gasteiger partial charge in [-0.25, -0.2) is 4.39 Å². The van der Waals surface area contributed by atoms with Gasteiger partial charge in [-0.1, -0.05) is 12.1 Å². The van der Waals surface area contributed by atoms with Crippen LogP contribution in [-0.4, -0.2) is 32.0 Å². The number of nitrogens with zero attached hydrogens (tertiary/aromatic N) is 1. The van der Waals surface area contributed by atoms with Gasteiger partial charge in [0, 0.05) is 6.04 Å². The molecule has 1 fully saturated rings. The average Bonchev–Trinajstić information content (AvgIpc) is 2.36. The molecule has 1 aromatic carbocycles.